The summed E-state index contributed by atoms with van der Waals surface area (Å²) in [5, 5.41) is 9.85. The van der Waals surface area contributed by atoms with Gasteiger partial charge in [0.2, 0.25) is 0 Å². The minimum Gasteiger partial charge on any atom is -0.396 e. The van der Waals surface area contributed by atoms with Crippen LogP contribution >= 0.6 is 0 Å². The molecule has 0 aromatic carbocycles. The maximum absolute atomic E-state index is 9.85. The Hall–Kier alpha value is -1.44. The van der Waals surface area contributed by atoms with E-state index in [0.29, 0.717) is 11.8 Å². The molecule has 2 aliphatic heterocycles. The fourth-order valence-electron chi connectivity index (χ4n) is 3.75. The van der Waals surface area contributed by atoms with Crippen molar-refractivity contribution >= 4 is 11.6 Å². The van der Waals surface area contributed by atoms with Crippen LogP contribution in [0.15, 0.2) is 12.4 Å². The average molecular weight is 334 g/mol. The van der Waals surface area contributed by atoms with Gasteiger partial charge in [0.1, 0.15) is 0 Å². The highest BCUT2D eigenvalue weighted by Gasteiger charge is 2.35. The van der Waals surface area contributed by atoms with Crippen molar-refractivity contribution < 1.29 is 5.11 Å². The summed E-state index contributed by atoms with van der Waals surface area (Å²) < 4.78 is 0. The van der Waals surface area contributed by atoms with E-state index in [1.54, 1.807) is 12.4 Å². The van der Waals surface area contributed by atoms with Crippen LogP contribution < -0.4 is 9.80 Å². The van der Waals surface area contributed by atoms with Crippen LogP contribution in [0.4, 0.5) is 11.6 Å². The molecule has 1 aromatic heterocycles. The van der Waals surface area contributed by atoms with E-state index in [1.807, 2.05) is 19.0 Å². The summed E-state index contributed by atoms with van der Waals surface area (Å²) in [5.74, 6) is 2.62. The summed E-state index contributed by atoms with van der Waals surface area (Å²) >= 11 is 0. The van der Waals surface area contributed by atoms with Crippen molar-refractivity contribution in [3.05, 3.63) is 12.4 Å². The molecule has 7 nitrogen and oxygen atoms in total. The maximum atomic E-state index is 9.85. The lowest BCUT2D eigenvalue weighted by Gasteiger charge is -2.34. The van der Waals surface area contributed by atoms with Crippen molar-refractivity contribution in [3.8, 4) is 0 Å². The molecule has 24 heavy (non-hydrogen) atoms. The number of piperazine rings is 1. The molecule has 1 N–H and O–H groups in total. The van der Waals surface area contributed by atoms with Gasteiger partial charge in [-0.2, -0.15) is 0 Å². The predicted molar refractivity (Wildman–Crippen MR) is 96.6 cm³/mol. The van der Waals surface area contributed by atoms with E-state index in [-0.39, 0.29) is 6.61 Å². The monoisotopic (exact) mass is 334 g/mol. The second-order valence-electron chi connectivity index (χ2n) is 7.31. The first-order valence-corrected chi connectivity index (χ1v) is 8.83. The molecule has 0 saturated carbocycles. The highest BCUT2D eigenvalue weighted by molar-refractivity contribution is 5.62. The van der Waals surface area contributed by atoms with E-state index in [1.165, 1.54) is 0 Å². The van der Waals surface area contributed by atoms with Crippen molar-refractivity contribution in [2.75, 3.05) is 83.4 Å². The number of nitrogens with zero attached hydrogens (tertiary/aromatic N) is 6. The molecule has 3 rings (SSSR count). The van der Waals surface area contributed by atoms with Gasteiger partial charge in [-0.3, -0.25) is 0 Å². The van der Waals surface area contributed by atoms with Crippen LogP contribution in [0.3, 0.4) is 0 Å². The lowest BCUT2D eigenvalue weighted by molar-refractivity contribution is 0.116. The molecule has 0 spiro atoms. The Kier molecular flexibility index (Phi) is 5.53. The molecular weight excluding hydrogens is 304 g/mol. The molecule has 2 saturated heterocycles. The number of hydrogen-bond acceptors (Lipinski definition) is 7. The number of aromatic nitrogens is 2. The van der Waals surface area contributed by atoms with E-state index < -0.39 is 0 Å². The highest BCUT2D eigenvalue weighted by atomic mass is 16.3. The quantitative estimate of drug-likeness (QED) is 0.802. The predicted octanol–water partition coefficient (Wildman–Crippen LogP) is -0.165. The molecule has 134 valence electrons. The van der Waals surface area contributed by atoms with Crippen LogP contribution in [0, 0.1) is 11.8 Å². The van der Waals surface area contributed by atoms with Gasteiger partial charge >= 0.3 is 0 Å². The van der Waals surface area contributed by atoms with Crippen molar-refractivity contribution in [1.82, 2.24) is 19.8 Å². The van der Waals surface area contributed by atoms with Gasteiger partial charge in [-0.05, 0) is 13.0 Å². The fourth-order valence-corrected chi connectivity index (χ4v) is 3.75. The van der Waals surface area contributed by atoms with Crippen LogP contribution in [0.25, 0.3) is 0 Å². The first-order valence-electron chi connectivity index (χ1n) is 8.83. The number of anilines is 2. The lowest BCUT2D eigenvalue weighted by Crippen LogP contribution is -2.47. The first kappa shape index (κ1) is 17.4. The third-order valence-electron chi connectivity index (χ3n) is 5.28. The zero-order chi connectivity index (χ0) is 17.1. The van der Waals surface area contributed by atoms with Gasteiger partial charge in [-0.1, -0.05) is 0 Å². The minimum atomic E-state index is 0.243. The molecule has 1 aromatic rings. The van der Waals surface area contributed by atoms with E-state index in [9.17, 15) is 5.11 Å². The molecule has 2 aliphatic rings. The maximum Gasteiger partial charge on any atom is 0.171 e. The Morgan fingerprint density at radius 3 is 2.42 bits per heavy atom. The Morgan fingerprint density at radius 2 is 1.75 bits per heavy atom. The smallest absolute Gasteiger partial charge is 0.171 e. The second kappa shape index (κ2) is 7.63. The number of likely N-dealkylation sites (N-methyl/N-ethyl adjacent to an activating group) is 1. The summed E-state index contributed by atoms with van der Waals surface area (Å²) in [6.45, 7) is 7.62. The Bertz CT molecular complexity index is 532. The van der Waals surface area contributed by atoms with Gasteiger partial charge in [0, 0.05) is 84.8 Å². The van der Waals surface area contributed by atoms with Crippen molar-refractivity contribution in [3.63, 3.8) is 0 Å². The Balaban J connectivity index is 1.68. The van der Waals surface area contributed by atoms with Gasteiger partial charge < -0.3 is 24.7 Å². The molecule has 0 radical (unpaired) electrons. The first-order chi connectivity index (χ1) is 11.6. The topological polar surface area (TPSA) is 59.0 Å². The van der Waals surface area contributed by atoms with Crippen LogP contribution in [-0.2, 0) is 0 Å². The zero-order valence-electron chi connectivity index (χ0n) is 15.1. The molecule has 0 bridgehead atoms. The van der Waals surface area contributed by atoms with Gasteiger partial charge in [-0.25, -0.2) is 9.97 Å². The van der Waals surface area contributed by atoms with E-state index in [2.05, 4.69) is 31.7 Å². The molecule has 7 heteroatoms. The zero-order valence-corrected chi connectivity index (χ0v) is 15.1. The summed E-state index contributed by atoms with van der Waals surface area (Å²) in [5.41, 5.74) is 0. The normalized spacial score (nSPS) is 26.1. The average Bonchev–Trinajstić information content (AvgIpc) is 2.99. The number of aliphatic hydroxyl groups is 1. The third kappa shape index (κ3) is 3.79. The molecule has 2 fully saturated rings. The molecular formula is C17H30N6O. The van der Waals surface area contributed by atoms with E-state index in [4.69, 9.17) is 0 Å². The standard InChI is InChI=1S/C17H30N6O/c1-20(2)16-17(19-5-4-18-16)23-11-14(15(12-23)13-24)10-22-8-6-21(3)7-9-22/h4-5,14-15,24H,6-13H2,1-3H3/t14-,15-/m1/s1. The van der Waals surface area contributed by atoms with Crippen molar-refractivity contribution in [2.45, 2.75) is 0 Å². The Labute approximate surface area is 144 Å². The fraction of sp³-hybridized carbons (Fsp3) is 0.765. The van der Waals surface area contributed by atoms with E-state index in [0.717, 1.165) is 57.4 Å². The SMILES string of the molecule is CN1CCN(C[C@@H]2CN(c3nccnc3N(C)C)C[C@@H]2CO)CC1. The summed E-state index contributed by atoms with van der Waals surface area (Å²) in [7, 11) is 6.17. The summed E-state index contributed by atoms with van der Waals surface area (Å²) in [6, 6.07) is 0. The number of rotatable bonds is 5. The minimum absolute atomic E-state index is 0.243. The highest BCUT2D eigenvalue weighted by Crippen LogP contribution is 2.31. The summed E-state index contributed by atoms with van der Waals surface area (Å²) in [6.07, 6.45) is 3.49. The molecule has 0 amide bonds. The number of hydrogen-bond donors (Lipinski definition) is 1. The molecule has 3 heterocycles. The van der Waals surface area contributed by atoms with Gasteiger partial charge in [0.25, 0.3) is 0 Å². The summed E-state index contributed by atoms with van der Waals surface area (Å²) in [4.78, 5) is 18.2. The van der Waals surface area contributed by atoms with Crippen LogP contribution in [0.1, 0.15) is 0 Å². The van der Waals surface area contributed by atoms with Crippen LogP contribution in [0.2, 0.25) is 0 Å². The lowest BCUT2D eigenvalue weighted by atomic mass is 9.96. The van der Waals surface area contributed by atoms with Crippen molar-refractivity contribution in [2.24, 2.45) is 11.8 Å². The van der Waals surface area contributed by atoms with Crippen LogP contribution in [-0.4, -0.2) is 98.4 Å². The van der Waals surface area contributed by atoms with Gasteiger partial charge in [0.05, 0.1) is 0 Å². The van der Waals surface area contributed by atoms with E-state index >= 15 is 0 Å². The van der Waals surface area contributed by atoms with Gasteiger partial charge in [-0.15, -0.1) is 0 Å². The Morgan fingerprint density at radius 1 is 1.08 bits per heavy atom. The largest absolute Gasteiger partial charge is 0.396 e. The van der Waals surface area contributed by atoms with Crippen LogP contribution in [0.5, 0.6) is 0 Å². The van der Waals surface area contributed by atoms with Gasteiger partial charge in [0.15, 0.2) is 11.6 Å². The molecule has 0 unspecified atom stereocenters. The molecule has 2 atom stereocenters. The second-order valence-corrected chi connectivity index (χ2v) is 7.31. The number of aliphatic hydroxyl groups excluding tert-OH is 1. The van der Waals surface area contributed by atoms with Crippen molar-refractivity contribution in [1.29, 1.82) is 0 Å². The molecule has 0 aliphatic carbocycles. The third-order valence-corrected chi connectivity index (χ3v) is 5.28.